The molecule has 0 aromatic carbocycles. The summed E-state index contributed by atoms with van der Waals surface area (Å²) in [6, 6.07) is 4.05. The van der Waals surface area contributed by atoms with Crippen LogP contribution in [0.2, 0.25) is 0 Å². The predicted octanol–water partition coefficient (Wildman–Crippen LogP) is 1.20. The summed E-state index contributed by atoms with van der Waals surface area (Å²) in [5.74, 6) is 0. The summed E-state index contributed by atoms with van der Waals surface area (Å²) in [5.41, 5.74) is 0.637. The maximum atomic E-state index is 9.13. The van der Waals surface area contributed by atoms with Gasteiger partial charge in [0.25, 0.3) is 0 Å². The van der Waals surface area contributed by atoms with Crippen molar-refractivity contribution in [2.45, 2.75) is 38.9 Å². The zero-order valence-corrected chi connectivity index (χ0v) is 10.9. The fraction of sp³-hybridized carbons (Fsp3) is 0.583. The molecule has 0 bridgehead atoms. The highest BCUT2D eigenvalue weighted by Crippen LogP contribution is 2.36. The summed E-state index contributed by atoms with van der Waals surface area (Å²) < 4.78 is 13.6. The van der Waals surface area contributed by atoms with Crippen LogP contribution in [-0.2, 0) is 16.4 Å². The number of aryl methyl sites for hydroxylation is 1. The van der Waals surface area contributed by atoms with E-state index in [-0.39, 0.29) is 11.2 Å². The Labute approximate surface area is 102 Å². The first-order valence-electron chi connectivity index (χ1n) is 5.69. The van der Waals surface area contributed by atoms with Crippen molar-refractivity contribution in [1.82, 2.24) is 4.57 Å². The van der Waals surface area contributed by atoms with Crippen LogP contribution in [0.1, 0.15) is 33.4 Å². The number of aromatic nitrogens is 1. The number of nitrogens with zero attached hydrogens (tertiary/aromatic N) is 2. The molecule has 1 aliphatic rings. The summed E-state index contributed by atoms with van der Waals surface area (Å²) in [6.45, 7) is 8.01. The molecule has 0 N–H and O–H groups in total. The summed E-state index contributed by atoms with van der Waals surface area (Å²) in [7, 11) is 1.38. The van der Waals surface area contributed by atoms with Crippen molar-refractivity contribution in [2.24, 2.45) is 7.05 Å². The van der Waals surface area contributed by atoms with E-state index in [0.717, 1.165) is 5.46 Å². The zero-order valence-electron chi connectivity index (χ0n) is 10.9. The third kappa shape index (κ3) is 1.78. The molecule has 0 saturated carbocycles. The minimum absolute atomic E-state index is 0.375. The lowest BCUT2D eigenvalue weighted by molar-refractivity contribution is 0.00578. The van der Waals surface area contributed by atoms with E-state index in [9.17, 15) is 0 Å². The topological polar surface area (TPSA) is 47.2 Å². The van der Waals surface area contributed by atoms with Crippen molar-refractivity contribution in [3.8, 4) is 6.07 Å². The molecule has 17 heavy (non-hydrogen) atoms. The fourth-order valence-electron chi connectivity index (χ4n) is 1.85. The van der Waals surface area contributed by atoms with Gasteiger partial charge in [-0.15, -0.1) is 0 Å². The number of rotatable bonds is 1. The van der Waals surface area contributed by atoms with E-state index in [4.69, 9.17) is 14.6 Å². The normalized spacial score (nSPS) is 21.5. The Balaban J connectivity index is 2.36. The van der Waals surface area contributed by atoms with E-state index in [1.807, 2.05) is 47.0 Å². The van der Waals surface area contributed by atoms with Crippen LogP contribution >= 0.6 is 0 Å². The molecule has 2 rings (SSSR count). The molecular weight excluding hydrogens is 215 g/mol. The van der Waals surface area contributed by atoms with E-state index >= 15 is 0 Å². The van der Waals surface area contributed by atoms with Crippen LogP contribution < -0.4 is 5.46 Å². The highest BCUT2D eigenvalue weighted by Gasteiger charge is 2.52. The molecule has 90 valence electrons. The van der Waals surface area contributed by atoms with E-state index in [1.165, 1.54) is 0 Å². The first-order chi connectivity index (χ1) is 7.78. The number of hydrogen-bond acceptors (Lipinski definition) is 3. The minimum atomic E-state index is -0.462. The van der Waals surface area contributed by atoms with Gasteiger partial charge in [-0.1, -0.05) is 0 Å². The minimum Gasteiger partial charge on any atom is -0.399 e. The van der Waals surface area contributed by atoms with Crippen LogP contribution in [0.4, 0.5) is 0 Å². The molecule has 1 aliphatic heterocycles. The lowest BCUT2D eigenvalue weighted by Crippen LogP contribution is -2.41. The van der Waals surface area contributed by atoms with Crippen molar-refractivity contribution in [3.63, 3.8) is 0 Å². The lowest BCUT2D eigenvalue weighted by Gasteiger charge is -2.32. The molecule has 4 nitrogen and oxygen atoms in total. The Morgan fingerprint density at radius 2 is 1.76 bits per heavy atom. The van der Waals surface area contributed by atoms with Crippen molar-refractivity contribution in [3.05, 3.63) is 18.0 Å². The van der Waals surface area contributed by atoms with Crippen molar-refractivity contribution < 1.29 is 9.31 Å². The van der Waals surface area contributed by atoms with Gasteiger partial charge in [-0.25, -0.2) is 0 Å². The van der Waals surface area contributed by atoms with Crippen LogP contribution in [0, 0.1) is 11.3 Å². The maximum absolute atomic E-state index is 9.13. The van der Waals surface area contributed by atoms with Gasteiger partial charge in [0.1, 0.15) is 11.8 Å². The average Bonchev–Trinajstić information content (AvgIpc) is 2.65. The second kappa shape index (κ2) is 3.62. The second-order valence-electron chi connectivity index (χ2n) is 5.43. The highest BCUT2D eigenvalue weighted by molar-refractivity contribution is 6.62. The molecule has 0 amide bonds. The number of nitriles is 1. The van der Waals surface area contributed by atoms with Gasteiger partial charge in [0.05, 0.1) is 11.2 Å². The quantitative estimate of drug-likeness (QED) is 0.683. The molecule has 2 heterocycles. The first kappa shape index (κ1) is 12.2. The van der Waals surface area contributed by atoms with Gasteiger partial charge in [0, 0.05) is 18.7 Å². The third-order valence-electron chi connectivity index (χ3n) is 3.72. The van der Waals surface area contributed by atoms with E-state index in [2.05, 4.69) is 6.07 Å². The monoisotopic (exact) mass is 232 g/mol. The zero-order chi connectivity index (χ0) is 12.8. The van der Waals surface area contributed by atoms with E-state index < -0.39 is 7.12 Å². The third-order valence-corrected chi connectivity index (χ3v) is 3.72. The van der Waals surface area contributed by atoms with E-state index in [1.54, 1.807) is 4.57 Å². The Hall–Kier alpha value is -1.25. The lowest BCUT2D eigenvalue weighted by atomic mass is 9.79. The molecular formula is C12H17BN2O2. The molecule has 0 aliphatic carbocycles. The summed E-state index contributed by atoms with van der Waals surface area (Å²) in [6.07, 6.45) is 1.85. The van der Waals surface area contributed by atoms with Crippen LogP contribution in [0.15, 0.2) is 12.3 Å². The molecule has 0 atom stereocenters. The van der Waals surface area contributed by atoms with Gasteiger partial charge in [-0.05, 0) is 33.8 Å². The summed E-state index contributed by atoms with van der Waals surface area (Å²) in [5, 5.41) is 9.13. The summed E-state index contributed by atoms with van der Waals surface area (Å²) in [4.78, 5) is 0. The maximum Gasteiger partial charge on any atom is 0.497 e. The average molecular weight is 232 g/mol. The fourth-order valence-corrected chi connectivity index (χ4v) is 1.85. The molecule has 0 radical (unpaired) electrons. The van der Waals surface area contributed by atoms with Gasteiger partial charge in [0.2, 0.25) is 0 Å². The van der Waals surface area contributed by atoms with Gasteiger partial charge < -0.3 is 13.9 Å². The Bertz CT molecular complexity index is 469. The van der Waals surface area contributed by atoms with Gasteiger partial charge in [0.15, 0.2) is 0 Å². The second-order valence-corrected chi connectivity index (χ2v) is 5.43. The molecule has 1 aromatic heterocycles. The van der Waals surface area contributed by atoms with E-state index in [0.29, 0.717) is 5.69 Å². The van der Waals surface area contributed by atoms with Crippen molar-refractivity contribution >= 4 is 12.6 Å². The smallest absolute Gasteiger partial charge is 0.399 e. The first-order valence-corrected chi connectivity index (χ1v) is 5.69. The number of hydrogen-bond donors (Lipinski definition) is 0. The van der Waals surface area contributed by atoms with Crippen LogP contribution in [0.25, 0.3) is 0 Å². The molecule has 0 spiro atoms. The predicted molar refractivity (Wildman–Crippen MR) is 65.8 cm³/mol. The Kier molecular flexibility index (Phi) is 2.60. The standard InChI is InChI=1S/C12H17BN2O2/c1-11(2)12(3,4)17-13(16-11)9-6-7-15(5)10(9)8-14/h6-7H,1-5H3. The van der Waals surface area contributed by atoms with Gasteiger partial charge in [-0.3, -0.25) is 0 Å². The molecule has 1 fully saturated rings. The Morgan fingerprint density at radius 1 is 1.24 bits per heavy atom. The molecule has 5 heteroatoms. The largest absolute Gasteiger partial charge is 0.497 e. The van der Waals surface area contributed by atoms with Crippen molar-refractivity contribution in [1.29, 1.82) is 5.26 Å². The van der Waals surface area contributed by atoms with Crippen LogP contribution in [0.5, 0.6) is 0 Å². The highest BCUT2D eigenvalue weighted by atomic mass is 16.7. The molecule has 1 saturated heterocycles. The van der Waals surface area contributed by atoms with Gasteiger partial charge in [-0.2, -0.15) is 5.26 Å². The SMILES string of the molecule is Cn1ccc(B2OC(C)(C)C(C)(C)O2)c1C#N. The summed E-state index contributed by atoms with van der Waals surface area (Å²) >= 11 is 0. The molecule has 0 unspecified atom stereocenters. The van der Waals surface area contributed by atoms with Gasteiger partial charge >= 0.3 is 7.12 Å². The van der Waals surface area contributed by atoms with Crippen LogP contribution in [-0.4, -0.2) is 22.9 Å². The van der Waals surface area contributed by atoms with Crippen LogP contribution in [0.3, 0.4) is 0 Å². The Morgan fingerprint density at radius 3 is 2.24 bits per heavy atom. The molecule has 1 aromatic rings. The van der Waals surface area contributed by atoms with Crippen molar-refractivity contribution in [2.75, 3.05) is 0 Å².